The van der Waals surface area contributed by atoms with Gasteiger partial charge in [-0.25, -0.2) is 4.39 Å². The molecule has 0 radical (unpaired) electrons. The van der Waals surface area contributed by atoms with Crippen LogP contribution in [0.1, 0.15) is 25.0 Å². The lowest BCUT2D eigenvalue weighted by Gasteiger charge is -2.18. The van der Waals surface area contributed by atoms with Crippen molar-refractivity contribution in [3.05, 3.63) is 53.3 Å². The van der Waals surface area contributed by atoms with Crippen molar-refractivity contribution in [2.24, 2.45) is 5.73 Å². The van der Waals surface area contributed by atoms with Gasteiger partial charge in [-0.2, -0.15) is 0 Å². The maximum Gasteiger partial charge on any atom is 0.169 e. The molecule has 0 unspecified atom stereocenters. The van der Waals surface area contributed by atoms with Gasteiger partial charge in [-0.1, -0.05) is 24.3 Å². The van der Waals surface area contributed by atoms with Gasteiger partial charge in [0.25, 0.3) is 0 Å². The van der Waals surface area contributed by atoms with Crippen molar-refractivity contribution in [1.29, 1.82) is 0 Å². The maximum atomic E-state index is 14.0. The Morgan fingerprint density at radius 3 is 2.76 bits per heavy atom. The summed E-state index contributed by atoms with van der Waals surface area (Å²) in [5.74, 6) is 0.959. The molecule has 0 aromatic heterocycles. The first-order valence-electron chi connectivity index (χ1n) is 6.96. The monoisotopic (exact) mass is 287 g/mol. The van der Waals surface area contributed by atoms with Crippen molar-refractivity contribution in [2.75, 3.05) is 0 Å². The predicted octanol–water partition coefficient (Wildman–Crippen LogP) is 3.79. The summed E-state index contributed by atoms with van der Waals surface area (Å²) >= 11 is 0. The Morgan fingerprint density at radius 2 is 2.00 bits per heavy atom. The zero-order valence-corrected chi connectivity index (χ0v) is 12.2. The first-order valence-corrected chi connectivity index (χ1v) is 6.96. The third-order valence-electron chi connectivity index (χ3n) is 3.54. The van der Waals surface area contributed by atoms with Crippen LogP contribution in [0.4, 0.5) is 4.39 Å². The topological polar surface area (TPSA) is 44.5 Å². The first-order chi connectivity index (χ1) is 10.00. The molecule has 0 saturated heterocycles. The summed E-state index contributed by atoms with van der Waals surface area (Å²) < 4.78 is 25.7. The van der Waals surface area contributed by atoms with Gasteiger partial charge in [0.05, 0.1) is 0 Å². The molecule has 0 fully saturated rings. The molecule has 1 heterocycles. The van der Waals surface area contributed by atoms with Crippen molar-refractivity contribution < 1.29 is 13.9 Å². The minimum Gasteiger partial charge on any atom is -0.483 e. The third kappa shape index (κ3) is 2.59. The molecule has 0 spiro atoms. The summed E-state index contributed by atoms with van der Waals surface area (Å²) in [6.45, 7) is 4.25. The van der Waals surface area contributed by atoms with Gasteiger partial charge >= 0.3 is 0 Å². The van der Waals surface area contributed by atoms with Gasteiger partial charge in [-0.05, 0) is 26.0 Å². The highest BCUT2D eigenvalue weighted by Crippen LogP contribution is 2.44. The Balaban J connectivity index is 2.00. The number of nitrogens with two attached hydrogens (primary N) is 1. The Hall–Kier alpha value is -2.07. The van der Waals surface area contributed by atoms with Crippen LogP contribution in [-0.4, -0.2) is 5.60 Å². The van der Waals surface area contributed by atoms with E-state index in [1.165, 1.54) is 6.07 Å². The van der Waals surface area contributed by atoms with Crippen LogP contribution in [0.15, 0.2) is 36.4 Å². The SMILES string of the molecule is CC1(C)Cc2cccc(Oc3c(F)cccc3CN)c2O1. The Kier molecular flexibility index (Phi) is 3.33. The van der Waals surface area contributed by atoms with Crippen LogP contribution in [0.5, 0.6) is 17.2 Å². The van der Waals surface area contributed by atoms with Crippen LogP contribution in [0.25, 0.3) is 0 Å². The zero-order chi connectivity index (χ0) is 15.0. The van der Waals surface area contributed by atoms with Crippen LogP contribution in [0, 0.1) is 5.82 Å². The Labute approximate surface area is 123 Å². The molecule has 2 aromatic rings. The number of halogens is 1. The molecule has 2 aromatic carbocycles. The second-order valence-electron chi connectivity index (χ2n) is 5.82. The molecule has 2 N–H and O–H groups in total. The zero-order valence-electron chi connectivity index (χ0n) is 12.2. The van der Waals surface area contributed by atoms with Crippen molar-refractivity contribution in [1.82, 2.24) is 0 Å². The molecular formula is C17H18FNO2. The number of fused-ring (bicyclic) bond motifs is 1. The normalized spacial score (nSPS) is 15.4. The van der Waals surface area contributed by atoms with E-state index in [1.807, 2.05) is 26.0 Å². The highest BCUT2D eigenvalue weighted by molar-refractivity contribution is 5.52. The molecule has 3 nitrogen and oxygen atoms in total. The molecule has 21 heavy (non-hydrogen) atoms. The van der Waals surface area contributed by atoms with Crippen molar-refractivity contribution in [3.63, 3.8) is 0 Å². The van der Waals surface area contributed by atoms with E-state index in [9.17, 15) is 4.39 Å². The highest BCUT2D eigenvalue weighted by Gasteiger charge is 2.32. The maximum absolute atomic E-state index is 14.0. The summed E-state index contributed by atoms with van der Waals surface area (Å²) in [4.78, 5) is 0. The van der Waals surface area contributed by atoms with E-state index in [0.717, 1.165) is 12.0 Å². The van der Waals surface area contributed by atoms with Gasteiger partial charge in [0.2, 0.25) is 0 Å². The van der Waals surface area contributed by atoms with Gasteiger partial charge in [-0.15, -0.1) is 0 Å². The lowest BCUT2D eigenvalue weighted by atomic mass is 10.0. The van der Waals surface area contributed by atoms with Crippen molar-refractivity contribution >= 4 is 0 Å². The molecule has 0 saturated carbocycles. The number of hydrogen-bond acceptors (Lipinski definition) is 3. The van der Waals surface area contributed by atoms with Crippen molar-refractivity contribution in [3.8, 4) is 17.2 Å². The highest BCUT2D eigenvalue weighted by atomic mass is 19.1. The van der Waals surface area contributed by atoms with E-state index >= 15 is 0 Å². The Morgan fingerprint density at radius 1 is 1.24 bits per heavy atom. The van der Waals surface area contributed by atoms with E-state index in [4.69, 9.17) is 15.2 Å². The summed E-state index contributed by atoms with van der Waals surface area (Å²) in [6, 6.07) is 10.4. The molecule has 0 atom stereocenters. The summed E-state index contributed by atoms with van der Waals surface area (Å²) in [7, 11) is 0. The number of hydrogen-bond donors (Lipinski definition) is 1. The predicted molar refractivity (Wildman–Crippen MR) is 79.2 cm³/mol. The van der Waals surface area contributed by atoms with Gasteiger partial charge in [-0.3, -0.25) is 0 Å². The third-order valence-corrected chi connectivity index (χ3v) is 3.54. The van der Waals surface area contributed by atoms with E-state index in [1.54, 1.807) is 18.2 Å². The first kappa shape index (κ1) is 13.9. The van der Waals surface area contributed by atoms with E-state index in [2.05, 4.69) is 0 Å². The van der Waals surface area contributed by atoms with Gasteiger partial charge in [0, 0.05) is 24.1 Å². The largest absolute Gasteiger partial charge is 0.483 e. The van der Waals surface area contributed by atoms with Crippen LogP contribution in [0.3, 0.4) is 0 Å². The summed E-state index contributed by atoms with van der Waals surface area (Å²) in [5.41, 5.74) is 7.08. The molecule has 0 aliphatic carbocycles. The quantitative estimate of drug-likeness (QED) is 0.934. The standard InChI is InChI=1S/C17H18FNO2/c1-17(2)9-11-5-4-8-14(16(11)21-17)20-15-12(10-19)6-3-7-13(15)18/h3-8H,9-10,19H2,1-2H3. The minimum atomic E-state index is -0.423. The fraction of sp³-hybridized carbons (Fsp3) is 0.294. The molecular weight excluding hydrogens is 269 g/mol. The smallest absolute Gasteiger partial charge is 0.169 e. The molecule has 1 aliphatic heterocycles. The number of benzene rings is 2. The molecule has 0 bridgehead atoms. The lowest BCUT2D eigenvalue weighted by molar-refractivity contribution is 0.135. The number of rotatable bonds is 3. The van der Waals surface area contributed by atoms with Crippen LogP contribution in [-0.2, 0) is 13.0 Å². The average molecular weight is 287 g/mol. The Bertz CT molecular complexity index is 682. The average Bonchev–Trinajstić information content (AvgIpc) is 2.76. The minimum absolute atomic E-state index is 0.168. The van der Waals surface area contributed by atoms with Gasteiger partial charge in [0.15, 0.2) is 23.1 Å². The molecule has 3 rings (SSSR count). The van der Waals surface area contributed by atoms with E-state index < -0.39 is 5.82 Å². The fourth-order valence-corrected chi connectivity index (χ4v) is 2.61. The summed E-state index contributed by atoms with van der Waals surface area (Å²) in [5, 5.41) is 0. The second-order valence-corrected chi connectivity index (χ2v) is 5.82. The summed E-state index contributed by atoms with van der Waals surface area (Å²) in [6.07, 6.45) is 0.806. The lowest BCUT2D eigenvalue weighted by Crippen LogP contribution is -2.24. The van der Waals surface area contributed by atoms with E-state index in [0.29, 0.717) is 17.1 Å². The van der Waals surface area contributed by atoms with Crippen LogP contribution >= 0.6 is 0 Å². The van der Waals surface area contributed by atoms with Crippen LogP contribution < -0.4 is 15.2 Å². The molecule has 4 heteroatoms. The van der Waals surface area contributed by atoms with Crippen molar-refractivity contribution in [2.45, 2.75) is 32.4 Å². The molecule has 110 valence electrons. The van der Waals surface area contributed by atoms with E-state index in [-0.39, 0.29) is 17.9 Å². The van der Waals surface area contributed by atoms with Crippen LogP contribution in [0.2, 0.25) is 0 Å². The fourth-order valence-electron chi connectivity index (χ4n) is 2.61. The molecule has 1 aliphatic rings. The van der Waals surface area contributed by atoms with Gasteiger partial charge in [0.1, 0.15) is 5.60 Å². The number of ether oxygens (including phenoxy) is 2. The molecule has 0 amide bonds. The number of para-hydroxylation sites is 2. The van der Waals surface area contributed by atoms with Gasteiger partial charge < -0.3 is 15.2 Å². The second kappa shape index (κ2) is 5.04.